The van der Waals surface area contributed by atoms with Crippen molar-refractivity contribution in [2.75, 3.05) is 16.4 Å². The van der Waals surface area contributed by atoms with E-state index in [1.807, 2.05) is 12.1 Å². The Balaban J connectivity index is 2.12. The molecule has 2 aromatic carbocycles. The van der Waals surface area contributed by atoms with E-state index < -0.39 is 5.91 Å². The number of hydrogen-bond acceptors (Lipinski definition) is 5. The van der Waals surface area contributed by atoms with Crippen molar-refractivity contribution in [3.63, 3.8) is 0 Å². The Morgan fingerprint density at radius 2 is 1.78 bits per heavy atom. The molecular weight excluding hydrogens is 290 g/mol. The summed E-state index contributed by atoms with van der Waals surface area (Å²) in [5, 5.41) is 23.5. The lowest BCUT2D eigenvalue weighted by Crippen LogP contribution is -2.15. The first-order chi connectivity index (χ1) is 11.1. The Labute approximate surface area is 133 Å². The molecule has 0 heterocycles. The van der Waals surface area contributed by atoms with Gasteiger partial charge in [0.2, 0.25) is 0 Å². The normalized spacial score (nSPS) is 10.3. The topological polar surface area (TPSA) is 115 Å². The molecule has 6 heteroatoms. The molecule has 0 aliphatic heterocycles. The summed E-state index contributed by atoms with van der Waals surface area (Å²) in [5.41, 5.74) is 7.46. The summed E-state index contributed by atoms with van der Waals surface area (Å²) in [6.07, 6.45) is 1.30. The lowest BCUT2D eigenvalue weighted by atomic mass is 10.2. The van der Waals surface area contributed by atoms with Crippen molar-refractivity contribution in [2.24, 2.45) is 0 Å². The van der Waals surface area contributed by atoms with Gasteiger partial charge in [-0.15, -0.1) is 0 Å². The molecule has 1 amide bonds. The van der Waals surface area contributed by atoms with Gasteiger partial charge in [-0.1, -0.05) is 12.1 Å². The predicted octanol–water partition coefficient (Wildman–Crippen LogP) is 2.60. The standard InChI is InChI=1S/C17H13N5O/c18-9-12-3-1-2-4-16(12)22-17(23)13(10-19)11-21-15-7-5-14(20)6-8-15/h1-8,11,21H,20H2,(H,22,23)/b13-11-. The maximum atomic E-state index is 12.1. The minimum Gasteiger partial charge on any atom is -0.399 e. The molecule has 0 bridgehead atoms. The zero-order valence-corrected chi connectivity index (χ0v) is 12.1. The summed E-state index contributed by atoms with van der Waals surface area (Å²) in [6.45, 7) is 0. The van der Waals surface area contributed by atoms with Gasteiger partial charge in [-0.25, -0.2) is 0 Å². The van der Waals surface area contributed by atoms with Crippen LogP contribution in [0.5, 0.6) is 0 Å². The molecule has 0 aromatic heterocycles. The van der Waals surface area contributed by atoms with E-state index in [4.69, 9.17) is 16.3 Å². The highest BCUT2D eigenvalue weighted by Gasteiger charge is 2.11. The second-order valence-corrected chi connectivity index (χ2v) is 4.55. The molecule has 2 rings (SSSR count). The molecule has 0 spiro atoms. The van der Waals surface area contributed by atoms with E-state index in [0.29, 0.717) is 22.6 Å². The molecule has 112 valence electrons. The number of carbonyl (C=O) groups is 1. The number of rotatable bonds is 4. The summed E-state index contributed by atoms with van der Waals surface area (Å²) in [6, 6.07) is 17.2. The summed E-state index contributed by atoms with van der Waals surface area (Å²) < 4.78 is 0. The number of nitrogens with one attached hydrogen (secondary N) is 2. The summed E-state index contributed by atoms with van der Waals surface area (Å²) >= 11 is 0. The molecule has 0 atom stereocenters. The van der Waals surface area contributed by atoms with Crippen molar-refractivity contribution in [2.45, 2.75) is 0 Å². The van der Waals surface area contributed by atoms with Crippen molar-refractivity contribution >= 4 is 23.0 Å². The highest BCUT2D eigenvalue weighted by atomic mass is 16.1. The second-order valence-electron chi connectivity index (χ2n) is 4.55. The number of nitrogens with zero attached hydrogens (tertiary/aromatic N) is 2. The van der Waals surface area contributed by atoms with E-state index in [-0.39, 0.29) is 5.57 Å². The third-order valence-electron chi connectivity index (χ3n) is 2.95. The van der Waals surface area contributed by atoms with Crippen LogP contribution in [-0.2, 0) is 4.79 Å². The Morgan fingerprint density at radius 1 is 1.09 bits per heavy atom. The molecule has 23 heavy (non-hydrogen) atoms. The minimum absolute atomic E-state index is 0.116. The highest BCUT2D eigenvalue weighted by Crippen LogP contribution is 2.15. The first-order valence-electron chi connectivity index (χ1n) is 6.67. The zero-order valence-electron chi connectivity index (χ0n) is 12.1. The summed E-state index contributed by atoms with van der Waals surface area (Å²) in [7, 11) is 0. The number of anilines is 3. The average molecular weight is 303 g/mol. The van der Waals surface area contributed by atoms with Crippen LogP contribution in [0.1, 0.15) is 5.56 Å². The maximum Gasteiger partial charge on any atom is 0.267 e. The van der Waals surface area contributed by atoms with E-state index in [1.165, 1.54) is 6.20 Å². The molecule has 2 aromatic rings. The molecule has 0 aliphatic carbocycles. The quantitative estimate of drug-likeness (QED) is 0.456. The SMILES string of the molecule is N#C/C(=C/Nc1ccc(N)cc1)C(=O)Nc1ccccc1C#N. The van der Waals surface area contributed by atoms with Gasteiger partial charge in [0.05, 0.1) is 11.3 Å². The van der Waals surface area contributed by atoms with Crippen LogP contribution in [0.4, 0.5) is 17.1 Å². The fourth-order valence-electron chi connectivity index (χ4n) is 1.76. The highest BCUT2D eigenvalue weighted by molar-refractivity contribution is 6.07. The Kier molecular flexibility index (Phi) is 4.96. The van der Waals surface area contributed by atoms with Gasteiger partial charge < -0.3 is 16.4 Å². The molecule has 0 saturated carbocycles. The van der Waals surface area contributed by atoms with Gasteiger partial charge >= 0.3 is 0 Å². The molecular formula is C17H13N5O. The van der Waals surface area contributed by atoms with Crippen LogP contribution in [-0.4, -0.2) is 5.91 Å². The van der Waals surface area contributed by atoms with Gasteiger partial charge in [0.1, 0.15) is 17.7 Å². The Hall–Kier alpha value is -3.77. The maximum absolute atomic E-state index is 12.1. The van der Waals surface area contributed by atoms with Crippen molar-refractivity contribution in [3.8, 4) is 12.1 Å². The second kappa shape index (κ2) is 7.30. The number of nitrogen functional groups attached to an aromatic ring is 1. The summed E-state index contributed by atoms with van der Waals surface area (Å²) in [4.78, 5) is 12.1. The number of hydrogen-bond donors (Lipinski definition) is 3. The fourth-order valence-corrected chi connectivity index (χ4v) is 1.76. The van der Waals surface area contributed by atoms with E-state index >= 15 is 0 Å². The van der Waals surface area contributed by atoms with Crippen LogP contribution < -0.4 is 16.4 Å². The summed E-state index contributed by atoms with van der Waals surface area (Å²) in [5.74, 6) is -0.599. The Bertz CT molecular complexity index is 825. The molecule has 4 N–H and O–H groups in total. The van der Waals surface area contributed by atoms with Crippen LogP contribution in [0.25, 0.3) is 0 Å². The van der Waals surface area contributed by atoms with Crippen LogP contribution in [0.15, 0.2) is 60.3 Å². The zero-order chi connectivity index (χ0) is 16.7. The van der Waals surface area contributed by atoms with E-state index in [9.17, 15) is 4.79 Å². The number of nitriles is 2. The van der Waals surface area contributed by atoms with Crippen LogP contribution in [0.2, 0.25) is 0 Å². The van der Waals surface area contributed by atoms with Crippen molar-refractivity contribution < 1.29 is 4.79 Å². The molecule has 0 aliphatic rings. The van der Waals surface area contributed by atoms with Gasteiger partial charge in [0.25, 0.3) is 5.91 Å². The van der Waals surface area contributed by atoms with Crippen molar-refractivity contribution in [1.29, 1.82) is 10.5 Å². The number of amides is 1. The number of benzene rings is 2. The Morgan fingerprint density at radius 3 is 2.43 bits per heavy atom. The molecule has 6 nitrogen and oxygen atoms in total. The lowest BCUT2D eigenvalue weighted by molar-refractivity contribution is -0.112. The first kappa shape index (κ1) is 15.6. The molecule has 0 radical (unpaired) electrons. The number of carbonyl (C=O) groups excluding carboxylic acids is 1. The van der Waals surface area contributed by atoms with Crippen LogP contribution in [0, 0.1) is 22.7 Å². The minimum atomic E-state index is -0.599. The largest absolute Gasteiger partial charge is 0.399 e. The number of para-hydroxylation sites is 1. The molecule has 0 fully saturated rings. The van der Waals surface area contributed by atoms with Crippen LogP contribution >= 0.6 is 0 Å². The average Bonchev–Trinajstić information content (AvgIpc) is 2.57. The van der Waals surface area contributed by atoms with Crippen LogP contribution in [0.3, 0.4) is 0 Å². The third kappa shape index (κ3) is 4.10. The van der Waals surface area contributed by atoms with Gasteiger partial charge in [0.15, 0.2) is 0 Å². The monoisotopic (exact) mass is 303 g/mol. The van der Waals surface area contributed by atoms with E-state index in [0.717, 1.165) is 0 Å². The van der Waals surface area contributed by atoms with E-state index in [1.54, 1.807) is 48.5 Å². The first-order valence-corrected chi connectivity index (χ1v) is 6.67. The number of nitrogens with two attached hydrogens (primary N) is 1. The van der Waals surface area contributed by atoms with Gasteiger partial charge in [-0.3, -0.25) is 4.79 Å². The third-order valence-corrected chi connectivity index (χ3v) is 2.95. The lowest BCUT2D eigenvalue weighted by Gasteiger charge is -2.06. The van der Waals surface area contributed by atoms with Crippen molar-refractivity contribution in [1.82, 2.24) is 0 Å². The van der Waals surface area contributed by atoms with Gasteiger partial charge in [0, 0.05) is 17.6 Å². The van der Waals surface area contributed by atoms with Gasteiger partial charge in [-0.2, -0.15) is 10.5 Å². The fraction of sp³-hybridized carbons (Fsp3) is 0. The van der Waals surface area contributed by atoms with E-state index in [2.05, 4.69) is 10.6 Å². The van der Waals surface area contributed by atoms with Gasteiger partial charge in [-0.05, 0) is 36.4 Å². The molecule has 0 saturated heterocycles. The smallest absolute Gasteiger partial charge is 0.267 e. The predicted molar refractivity (Wildman–Crippen MR) is 88.0 cm³/mol. The van der Waals surface area contributed by atoms with Crippen molar-refractivity contribution in [3.05, 3.63) is 65.9 Å². The molecule has 0 unspecified atom stereocenters.